The zero-order valence-corrected chi connectivity index (χ0v) is 11.6. The molecule has 20 heavy (non-hydrogen) atoms. The zero-order valence-electron chi connectivity index (χ0n) is 10.7. The van der Waals surface area contributed by atoms with Crippen molar-refractivity contribution in [2.24, 2.45) is 5.16 Å². The highest BCUT2D eigenvalue weighted by Gasteiger charge is 2.18. The summed E-state index contributed by atoms with van der Waals surface area (Å²) in [5.74, 6) is -1.65. The van der Waals surface area contributed by atoms with Crippen molar-refractivity contribution >= 4 is 33.1 Å². The summed E-state index contributed by atoms with van der Waals surface area (Å²) in [5, 5.41) is 13.4. The Labute approximate surface area is 115 Å². The molecular weight excluding hydrogens is 286 g/mol. The molecule has 0 saturated carbocycles. The quantitative estimate of drug-likeness (QED) is 0.304. The van der Waals surface area contributed by atoms with Gasteiger partial charge >= 0.3 is 0 Å². The second kappa shape index (κ2) is 6.26. The lowest BCUT2D eigenvalue weighted by Crippen LogP contribution is -2.28. The number of hydrogen-bond donors (Lipinski definition) is 3. The van der Waals surface area contributed by atoms with Crippen LogP contribution in [-0.2, 0) is 19.6 Å². The monoisotopic (exact) mass is 299 g/mol. The van der Waals surface area contributed by atoms with Crippen LogP contribution in [0, 0.1) is 0 Å². The Morgan fingerprint density at radius 2 is 1.95 bits per heavy atom. The maximum Gasteiger partial charge on any atom is 0.281 e. The Hall–Kier alpha value is -2.26. The van der Waals surface area contributed by atoms with Crippen molar-refractivity contribution in [3.8, 4) is 0 Å². The predicted octanol–water partition coefficient (Wildman–Crippen LogP) is -0.0476. The van der Waals surface area contributed by atoms with Gasteiger partial charge in [-0.25, -0.2) is 13.1 Å². The first-order chi connectivity index (χ1) is 9.31. The molecule has 0 bridgehead atoms. The summed E-state index contributed by atoms with van der Waals surface area (Å²) in [6.45, 7) is 1.07. The molecule has 1 rings (SSSR count). The largest absolute Gasteiger partial charge is 0.410 e. The summed E-state index contributed by atoms with van der Waals surface area (Å²) in [4.78, 5) is 22.6. The van der Waals surface area contributed by atoms with Crippen LogP contribution in [0.5, 0.6) is 0 Å². The van der Waals surface area contributed by atoms with Gasteiger partial charge < -0.3 is 10.5 Å². The smallest absolute Gasteiger partial charge is 0.281 e. The van der Waals surface area contributed by atoms with Crippen molar-refractivity contribution in [3.05, 3.63) is 24.3 Å². The third-order valence-corrected chi connectivity index (χ3v) is 3.73. The first-order valence-electron chi connectivity index (χ1n) is 5.39. The molecular formula is C11H13N3O5S. The van der Waals surface area contributed by atoms with E-state index < -0.39 is 27.4 Å². The Balaban J connectivity index is 3.04. The number of sulfonamides is 1. The van der Waals surface area contributed by atoms with Gasteiger partial charge in [0, 0.05) is 12.6 Å². The highest BCUT2D eigenvalue weighted by molar-refractivity contribution is 7.89. The molecule has 0 aliphatic carbocycles. The maximum absolute atomic E-state index is 11.6. The van der Waals surface area contributed by atoms with Crippen molar-refractivity contribution in [2.75, 3.05) is 12.4 Å². The van der Waals surface area contributed by atoms with E-state index in [4.69, 9.17) is 5.21 Å². The first kappa shape index (κ1) is 15.8. The van der Waals surface area contributed by atoms with Crippen LogP contribution in [-0.4, -0.2) is 38.1 Å². The predicted molar refractivity (Wildman–Crippen MR) is 71.2 cm³/mol. The van der Waals surface area contributed by atoms with E-state index in [1.807, 2.05) is 0 Å². The van der Waals surface area contributed by atoms with Gasteiger partial charge in [0.1, 0.15) is 0 Å². The SMILES string of the molecule is CNS(=O)(=O)c1cccc(NC(=O)/C(=N\O)C(C)=O)c1. The molecule has 0 fully saturated rings. The normalized spacial score (nSPS) is 12.0. The molecule has 0 aromatic heterocycles. The van der Waals surface area contributed by atoms with Crippen LogP contribution < -0.4 is 10.0 Å². The minimum atomic E-state index is -3.65. The summed E-state index contributed by atoms with van der Waals surface area (Å²) >= 11 is 0. The summed E-state index contributed by atoms with van der Waals surface area (Å²) in [6.07, 6.45) is 0. The van der Waals surface area contributed by atoms with Gasteiger partial charge in [0.05, 0.1) is 4.90 Å². The number of benzene rings is 1. The molecule has 0 saturated heterocycles. The number of nitrogens with one attached hydrogen (secondary N) is 2. The van der Waals surface area contributed by atoms with E-state index in [1.54, 1.807) is 0 Å². The Bertz CT molecular complexity index is 666. The van der Waals surface area contributed by atoms with Gasteiger partial charge in [-0.2, -0.15) is 0 Å². The van der Waals surface area contributed by atoms with Gasteiger partial charge in [-0.3, -0.25) is 9.59 Å². The zero-order chi connectivity index (χ0) is 15.3. The second-order valence-corrected chi connectivity index (χ2v) is 5.58. The molecule has 9 heteroatoms. The third-order valence-electron chi connectivity index (χ3n) is 2.32. The maximum atomic E-state index is 11.6. The fourth-order valence-corrected chi connectivity index (χ4v) is 2.10. The van der Waals surface area contributed by atoms with E-state index in [-0.39, 0.29) is 10.6 Å². The summed E-state index contributed by atoms with van der Waals surface area (Å²) < 4.78 is 25.3. The molecule has 1 amide bonds. The highest BCUT2D eigenvalue weighted by Crippen LogP contribution is 2.15. The van der Waals surface area contributed by atoms with E-state index >= 15 is 0 Å². The fraction of sp³-hybridized carbons (Fsp3) is 0.182. The number of Topliss-reactive ketones (excluding diaryl/α,β-unsaturated/α-hetero) is 1. The average Bonchev–Trinajstić information content (AvgIpc) is 2.39. The number of ketones is 1. The van der Waals surface area contributed by atoms with Crippen LogP contribution in [0.25, 0.3) is 0 Å². The Morgan fingerprint density at radius 3 is 2.45 bits per heavy atom. The van der Waals surface area contributed by atoms with Gasteiger partial charge in [0.2, 0.25) is 15.7 Å². The number of amides is 1. The van der Waals surface area contributed by atoms with Crippen LogP contribution in [0.1, 0.15) is 6.92 Å². The van der Waals surface area contributed by atoms with Crippen LogP contribution >= 0.6 is 0 Å². The van der Waals surface area contributed by atoms with Gasteiger partial charge in [0.15, 0.2) is 5.78 Å². The molecule has 1 aromatic carbocycles. The van der Waals surface area contributed by atoms with Gasteiger partial charge in [-0.05, 0) is 25.2 Å². The number of anilines is 1. The number of hydrogen-bond acceptors (Lipinski definition) is 6. The van der Waals surface area contributed by atoms with Crippen molar-refractivity contribution in [3.63, 3.8) is 0 Å². The van der Waals surface area contributed by atoms with Crippen molar-refractivity contribution < 1.29 is 23.2 Å². The molecule has 0 heterocycles. The number of rotatable bonds is 5. The van der Waals surface area contributed by atoms with E-state index in [2.05, 4.69) is 15.2 Å². The van der Waals surface area contributed by atoms with Crippen LogP contribution in [0.15, 0.2) is 34.3 Å². The van der Waals surface area contributed by atoms with E-state index in [0.717, 1.165) is 6.92 Å². The average molecular weight is 299 g/mol. The van der Waals surface area contributed by atoms with Gasteiger partial charge in [0.25, 0.3) is 5.91 Å². The lowest BCUT2D eigenvalue weighted by atomic mass is 10.2. The molecule has 0 unspecified atom stereocenters. The first-order valence-corrected chi connectivity index (χ1v) is 6.88. The lowest BCUT2D eigenvalue weighted by molar-refractivity contribution is -0.114. The molecule has 108 valence electrons. The fourth-order valence-electron chi connectivity index (χ4n) is 1.32. The highest BCUT2D eigenvalue weighted by atomic mass is 32.2. The minimum Gasteiger partial charge on any atom is -0.410 e. The van der Waals surface area contributed by atoms with Crippen molar-refractivity contribution in [1.29, 1.82) is 0 Å². The van der Waals surface area contributed by atoms with Crippen LogP contribution in [0.2, 0.25) is 0 Å². The van der Waals surface area contributed by atoms with Crippen LogP contribution in [0.4, 0.5) is 5.69 Å². The molecule has 0 radical (unpaired) electrons. The van der Waals surface area contributed by atoms with Crippen LogP contribution in [0.3, 0.4) is 0 Å². The standard InChI is InChI=1S/C11H13N3O5S/c1-7(15)10(14-17)11(16)13-8-4-3-5-9(6-8)20(18,19)12-2/h3-6,12,17H,1-2H3,(H,13,16)/b14-10-. The molecule has 0 atom stereocenters. The lowest BCUT2D eigenvalue weighted by Gasteiger charge is -2.07. The van der Waals surface area contributed by atoms with Crippen molar-refractivity contribution in [1.82, 2.24) is 4.72 Å². The van der Waals surface area contributed by atoms with E-state index in [0.29, 0.717) is 0 Å². The van der Waals surface area contributed by atoms with Gasteiger partial charge in [-0.1, -0.05) is 11.2 Å². The molecule has 0 aliphatic rings. The van der Waals surface area contributed by atoms with Gasteiger partial charge in [-0.15, -0.1) is 0 Å². The van der Waals surface area contributed by atoms with Crippen molar-refractivity contribution in [2.45, 2.75) is 11.8 Å². The second-order valence-electron chi connectivity index (χ2n) is 3.69. The summed E-state index contributed by atoms with van der Waals surface area (Å²) in [6, 6.07) is 5.40. The summed E-state index contributed by atoms with van der Waals surface area (Å²) in [7, 11) is -2.39. The van der Waals surface area contributed by atoms with E-state index in [1.165, 1.54) is 31.3 Å². The molecule has 0 spiro atoms. The Kier molecular flexibility index (Phi) is 4.94. The number of carbonyl (C=O) groups is 2. The topological polar surface area (TPSA) is 125 Å². The number of oxime groups is 1. The number of carbonyl (C=O) groups excluding carboxylic acids is 2. The molecule has 8 nitrogen and oxygen atoms in total. The molecule has 3 N–H and O–H groups in total. The van der Waals surface area contributed by atoms with E-state index in [9.17, 15) is 18.0 Å². The number of nitrogens with zero attached hydrogens (tertiary/aromatic N) is 1. The molecule has 1 aromatic rings. The Morgan fingerprint density at radius 1 is 1.30 bits per heavy atom. The third kappa shape index (κ3) is 3.62. The molecule has 0 aliphatic heterocycles. The minimum absolute atomic E-state index is 0.0527. The summed E-state index contributed by atoms with van der Waals surface area (Å²) in [5.41, 5.74) is -0.527.